The lowest BCUT2D eigenvalue weighted by molar-refractivity contribution is -0.153. The topological polar surface area (TPSA) is 105 Å². The zero-order valence-corrected chi connectivity index (χ0v) is 18.3. The third-order valence-electron chi connectivity index (χ3n) is 3.95. The summed E-state index contributed by atoms with van der Waals surface area (Å²) < 4.78 is 10.8. The van der Waals surface area contributed by atoms with E-state index in [4.69, 9.17) is 9.47 Å². The summed E-state index contributed by atoms with van der Waals surface area (Å²) in [7, 11) is 0. The highest BCUT2D eigenvalue weighted by Crippen LogP contribution is 2.41. The average Bonchev–Trinajstić information content (AvgIpc) is 2.66. The first-order chi connectivity index (χ1) is 13.4. The number of thioether (sulfide) groups is 1. The van der Waals surface area contributed by atoms with Crippen LogP contribution in [-0.2, 0) is 23.9 Å². The van der Waals surface area contributed by atoms with Crippen molar-refractivity contribution in [2.45, 2.75) is 19.8 Å². The van der Waals surface area contributed by atoms with E-state index in [0.29, 0.717) is 5.56 Å². The van der Waals surface area contributed by atoms with Crippen LogP contribution < -0.4 is 5.32 Å². The van der Waals surface area contributed by atoms with Gasteiger partial charge in [-0.25, -0.2) is 0 Å². The minimum Gasteiger partial charge on any atom is -0.465 e. The van der Waals surface area contributed by atoms with Gasteiger partial charge in [-0.15, -0.1) is 0 Å². The van der Waals surface area contributed by atoms with E-state index in [1.54, 1.807) is 26.0 Å². The fourth-order valence-corrected chi connectivity index (χ4v) is 4.39. The summed E-state index contributed by atoms with van der Waals surface area (Å²) in [6.07, 6.45) is 0. The summed E-state index contributed by atoms with van der Waals surface area (Å²) >= 11 is 3.11. The SMILES string of the molecule is CCOC(=O)CSC1=C(C#N)[C@H](c2ccccc2I)[C@@H](C(=O)OCC)C(=O)N1. The number of esters is 2. The van der Waals surface area contributed by atoms with Crippen LogP contribution in [0.3, 0.4) is 0 Å². The van der Waals surface area contributed by atoms with Crippen LogP contribution in [0.2, 0.25) is 0 Å². The highest BCUT2D eigenvalue weighted by Gasteiger charge is 2.45. The van der Waals surface area contributed by atoms with Gasteiger partial charge in [0.25, 0.3) is 0 Å². The summed E-state index contributed by atoms with van der Waals surface area (Å²) in [6, 6.07) is 9.35. The number of nitrogens with zero attached hydrogens (tertiary/aromatic N) is 1. The van der Waals surface area contributed by atoms with Gasteiger partial charge in [-0.3, -0.25) is 14.4 Å². The molecule has 0 radical (unpaired) electrons. The standard InChI is InChI=1S/C19H19IN2O5S/c1-3-26-14(23)10-28-18-12(9-21)15(11-7-5-6-8-13(11)20)16(17(24)22-18)19(25)27-4-2/h5-8,15-16H,3-4,10H2,1-2H3,(H,22,24)/t15-,16+/m0/s1. The Morgan fingerprint density at radius 3 is 2.54 bits per heavy atom. The van der Waals surface area contributed by atoms with Crippen LogP contribution in [0.1, 0.15) is 25.3 Å². The highest BCUT2D eigenvalue weighted by molar-refractivity contribution is 14.1. The van der Waals surface area contributed by atoms with Crippen molar-refractivity contribution in [1.29, 1.82) is 5.26 Å². The molecule has 0 unspecified atom stereocenters. The molecule has 28 heavy (non-hydrogen) atoms. The molecule has 0 bridgehead atoms. The van der Waals surface area contributed by atoms with Crippen molar-refractivity contribution < 1.29 is 23.9 Å². The van der Waals surface area contributed by atoms with Gasteiger partial charge in [0, 0.05) is 9.49 Å². The van der Waals surface area contributed by atoms with Crippen molar-refractivity contribution >= 4 is 52.2 Å². The van der Waals surface area contributed by atoms with Crippen molar-refractivity contribution in [1.82, 2.24) is 5.32 Å². The molecule has 0 aromatic heterocycles. The van der Waals surface area contributed by atoms with Gasteiger partial charge in [-0.05, 0) is 48.1 Å². The highest BCUT2D eigenvalue weighted by atomic mass is 127. The number of nitrogens with one attached hydrogen (secondary N) is 1. The maximum absolute atomic E-state index is 12.8. The maximum atomic E-state index is 12.8. The fourth-order valence-electron chi connectivity index (χ4n) is 2.82. The Bertz CT molecular complexity index is 849. The van der Waals surface area contributed by atoms with E-state index in [0.717, 1.165) is 15.3 Å². The molecule has 0 fully saturated rings. The molecule has 1 amide bonds. The molecule has 0 aliphatic carbocycles. The molecule has 148 valence electrons. The minimum absolute atomic E-state index is 0.0582. The summed E-state index contributed by atoms with van der Waals surface area (Å²) in [5, 5.41) is 12.7. The van der Waals surface area contributed by atoms with E-state index < -0.39 is 29.7 Å². The Morgan fingerprint density at radius 2 is 1.93 bits per heavy atom. The molecule has 1 aromatic carbocycles. The second-order valence-electron chi connectivity index (χ2n) is 5.67. The number of benzene rings is 1. The third-order valence-corrected chi connectivity index (χ3v) is 5.92. The molecule has 0 spiro atoms. The Morgan fingerprint density at radius 1 is 1.25 bits per heavy atom. The van der Waals surface area contributed by atoms with Gasteiger partial charge in [0.15, 0.2) is 0 Å². The second kappa shape index (κ2) is 10.5. The number of carbonyl (C=O) groups is 3. The Labute approximate surface area is 181 Å². The average molecular weight is 514 g/mol. The summed E-state index contributed by atoms with van der Waals surface area (Å²) in [5.74, 6) is -3.74. The Hall–Kier alpha value is -2.06. The van der Waals surface area contributed by atoms with E-state index in [1.165, 1.54) is 0 Å². The van der Waals surface area contributed by atoms with Gasteiger partial charge >= 0.3 is 11.9 Å². The van der Waals surface area contributed by atoms with Crippen molar-refractivity contribution in [3.05, 3.63) is 44.0 Å². The van der Waals surface area contributed by atoms with Crippen LogP contribution in [0.15, 0.2) is 34.9 Å². The number of amides is 1. The van der Waals surface area contributed by atoms with Crippen molar-refractivity contribution in [3.63, 3.8) is 0 Å². The van der Waals surface area contributed by atoms with Crippen LogP contribution in [0.5, 0.6) is 0 Å². The number of nitriles is 1. The van der Waals surface area contributed by atoms with Gasteiger partial charge in [0.2, 0.25) is 5.91 Å². The monoisotopic (exact) mass is 514 g/mol. The van der Waals surface area contributed by atoms with Crippen molar-refractivity contribution in [2.75, 3.05) is 19.0 Å². The predicted molar refractivity (Wildman–Crippen MR) is 112 cm³/mol. The number of carbonyl (C=O) groups excluding carboxylic acids is 3. The predicted octanol–water partition coefficient (Wildman–Crippen LogP) is 2.72. The number of allylic oxidation sites excluding steroid dienone is 1. The molecule has 0 saturated heterocycles. The number of hydrogen-bond acceptors (Lipinski definition) is 7. The molecule has 2 atom stereocenters. The summed E-state index contributed by atoms with van der Waals surface area (Å²) in [5.41, 5.74) is 0.901. The Balaban J connectivity index is 2.51. The zero-order valence-electron chi connectivity index (χ0n) is 15.4. The molecule has 2 rings (SSSR count). The quantitative estimate of drug-likeness (QED) is 0.339. The number of hydrogen-bond donors (Lipinski definition) is 1. The largest absolute Gasteiger partial charge is 0.465 e. The third kappa shape index (κ3) is 5.05. The molecule has 1 aliphatic rings. The molecule has 1 heterocycles. The lowest BCUT2D eigenvalue weighted by Crippen LogP contribution is -2.44. The van der Waals surface area contributed by atoms with Gasteiger partial charge in [0.1, 0.15) is 5.92 Å². The number of rotatable bonds is 7. The van der Waals surface area contributed by atoms with E-state index in [9.17, 15) is 19.6 Å². The van der Waals surface area contributed by atoms with E-state index >= 15 is 0 Å². The molecule has 1 aromatic rings. The van der Waals surface area contributed by atoms with Gasteiger partial charge in [-0.2, -0.15) is 5.26 Å². The van der Waals surface area contributed by atoms with Gasteiger partial charge in [-0.1, -0.05) is 30.0 Å². The minimum atomic E-state index is -1.18. The normalized spacial score (nSPS) is 18.9. The van der Waals surface area contributed by atoms with Gasteiger partial charge < -0.3 is 14.8 Å². The van der Waals surface area contributed by atoms with E-state index in [-0.39, 0.29) is 29.6 Å². The number of ether oxygens (including phenoxy) is 2. The lowest BCUT2D eigenvalue weighted by Gasteiger charge is -2.31. The van der Waals surface area contributed by atoms with Crippen molar-refractivity contribution in [2.24, 2.45) is 5.92 Å². The van der Waals surface area contributed by atoms with Crippen LogP contribution in [0, 0.1) is 20.8 Å². The van der Waals surface area contributed by atoms with Gasteiger partial charge in [0.05, 0.1) is 35.6 Å². The maximum Gasteiger partial charge on any atom is 0.319 e. The van der Waals surface area contributed by atoms with E-state index in [1.807, 2.05) is 12.1 Å². The first-order valence-electron chi connectivity index (χ1n) is 8.59. The smallest absolute Gasteiger partial charge is 0.319 e. The first kappa shape index (κ1) is 22.2. The lowest BCUT2D eigenvalue weighted by atomic mass is 9.78. The molecule has 1 N–H and O–H groups in total. The van der Waals surface area contributed by atoms with Crippen LogP contribution in [0.25, 0.3) is 0 Å². The van der Waals surface area contributed by atoms with Crippen molar-refractivity contribution in [3.8, 4) is 6.07 Å². The summed E-state index contributed by atoms with van der Waals surface area (Å²) in [6.45, 7) is 3.72. The summed E-state index contributed by atoms with van der Waals surface area (Å²) in [4.78, 5) is 37.0. The Kier molecular flexibility index (Phi) is 8.32. The van der Waals surface area contributed by atoms with Crippen LogP contribution in [-0.4, -0.2) is 36.8 Å². The molecule has 7 nitrogen and oxygen atoms in total. The van der Waals surface area contributed by atoms with Crippen LogP contribution >= 0.6 is 34.4 Å². The van der Waals surface area contributed by atoms with Crippen LogP contribution in [0.4, 0.5) is 0 Å². The zero-order chi connectivity index (χ0) is 20.7. The fraction of sp³-hybridized carbons (Fsp3) is 0.368. The second-order valence-corrected chi connectivity index (χ2v) is 7.81. The molecule has 0 saturated carbocycles. The molecule has 9 heteroatoms. The first-order valence-corrected chi connectivity index (χ1v) is 10.7. The number of halogens is 1. The van der Waals surface area contributed by atoms with E-state index in [2.05, 4.69) is 34.0 Å². The molecule has 1 aliphatic heterocycles. The molecular formula is C19H19IN2O5S. The molecular weight excluding hydrogens is 495 g/mol.